The topological polar surface area (TPSA) is 69.6 Å². The van der Waals surface area contributed by atoms with Crippen molar-refractivity contribution in [2.75, 3.05) is 6.61 Å². The Balaban J connectivity index is 3.52. The lowest BCUT2D eigenvalue weighted by Crippen LogP contribution is -2.45. The lowest BCUT2D eigenvalue weighted by Gasteiger charge is -2.22. The first kappa shape index (κ1) is 46.6. The number of amides is 1. The lowest BCUT2D eigenvalue weighted by atomic mass is 10.0. The van der Waals surface area contributed by atoms with Gasteiger partial charge in [-0.2, -0.15) is 0 Å². The zero-order valence-corrected chi connectivity index (χ0v) is 32.3. The molecule has 0 spiro atoms. The maximum atomic E-state index is 12.4. The van der Waals surface area contributed by atoms with Gasteiger partial charge in [-0.1, -0.05) is 198 Å². The molecule has 4 nitrogen and oxygen atoms in total. The Bertz CT molecular complexity index is 731. The highest BCUT2D eigenvalue weighted by Crippen LogP contribution is 2.15. The molecule has 0 aromatic heterocycles. The van der Waals surface area contributed by atoms with Crippen molar-refractivity contribution in [2.45, 2.75) is 231 Å². The molecule has 282 valence electrons. The molecule has 0 heterocycles. The van der Waals surface area contributed by atoms with E-state index in [1.165, 1.54) is 154 Å². The average Bonchev–Trinajstić information content (AvgIpc) is 3.09. The van der Waals surface area contributed by atoms with Crippen LogP contribution in [-0.4, -0.2) is 34.9 Å². The number of aliphatic hydroxyl groups excluding tert-OH is 2. The second kappa shape index (κ2) is 40.0. The summed E-state index contributed by atoms with van der Waals surface area (Å²) in [6, 6.07) is -0.536. The van der Waals surface area contributed by atoms with E-state index in [-0.39, 0.29) is 12.5 Å². The van der Waals surface area contributed by atoms with Crippen LogP contribution in [0.5, 0.6) is 0 Å². The first-order valence-corrected chi connectivity index (χ1v) is 21.2. The van der Waals surface area contributed by atoms with E-state index >= 15 is 0 Å². The number of carbonyl (C=O) groups excluding carboxylic acids is 1. The van der Waals surface area contributed by atoms with Crippen LogP contribution < -0.4 is 5.32 Å². The van der Waals surface area contributed by atoms with Crippen molar-refractivity contribution in [3.8, 4) is 0 Å². The fourth-order valence-electron chi connectivity index (χ4n) is 6.37. The maximum Gasteiger partial charge on any atom is 0.220 e. The van der Waals surface area contributed by atoms with Gasteiger partial charge in [0.05, 0.1) is 18.8 Å². The molecule has 0 fully saturated rings. The van der Waals surface area contributed by atoms with Gasteiger partial charge in [0.25, 0.3) is 0 Å². The van der Waals surface area contributed by atoms with Crippen LogP contribution >= 0.6 is 0 Å². The number of unbranched alkanes of at least 4 members (excludes halogenated alkanes) is 25. The molecule has 48 heavy (non-hydrogen) atoms. The smallest absolute Gasteiger partial charge is 0.220 e. The van der Waals surface area contributed by atoms with Crippen molar-refractivity contribution in [1.29, 1.82) is 0 Å². The van der Waals surface area contributed by atoms with Gasteiger partial charge >= 0.3 is 0 Å². The number of allylic oxidation sites excluding steroid dienone is 6. The highest BCUT2D eigenvalue weighted by Gasteiger charge is 2.19. The predicted molar refractivity (Wildman–Crippen MR) is 212 cm³/mol. The average molecular weight is 674 g/mol. The van der Waals surface area contributed by atoms with Crippen LogP contribution in [0.1, 0.15) is 219 Å². The predicted octanol–water partition coefficient (Wildman–Crippen LogP) is 13.0. The normalized spacial score (nSPS) is 13.3. The van der Waals surface area contributed by atoms with E-state index in [0.29, 0.717) is 12.8 Å². The Morgan fingerprint density at radius 2 is 0.854 bits per heavy atom. The molecular weight excluding hydrogens is 590 g/mol. The van der Waals surface area contributed by atoms with Crippen molar-refractivity contribution in [2.24, 2.45) is 0 Å². The summed E-state index contributed by atoms with van der Waals surface area (Å²) in [5.41, 5.74) is 0. The molecule has 0 radical (unpaired) electrons. The fourth-order valence-corrected chi connectivity index (χ4v) is 6.37. The van der Waals surface area contributed by atoms with Crippen LogP contribution in [0.2, 0.25) is 0 Å². The van der Waals surface area contributed by atoms with Gasteiger partial charge in [0, 0.05) is 6.42 Å². The highest BCUT2D eigenvalue weighted by atomic mass is 16.3. The van der Waals surface area contributed by atoms with Gasteiger partial charge in [-0.05, 0) is 51.4 Å². The van der Waals surface area contributed by atoms with Crippen LogP contribution in [0.25, 0.3) is 0 Å². The second-order valence-electron chi connectivity index (χ2n) is 14.4. The molecule has 0 aliphatic carbocycles. The monoisotopic (exact) mass is 674 g/mol. The number of aliphatic hydroxyl groups is 2. The van der Waals surface area contributed by atoms with E-state index in [1.807, 2.05) is 0 Å². The van der Waals surface area contributed by atoms with E-state index in [2.05, 4.69) is 55.6 Å². The summed E-state index contributed by atoms with van der Waals surface area (Å²) in [6.07, 6.45) is 52.1. The van der Waals surface area contributed by atoms with Crippen molar-refractivity contribution in [1.82, 2.24) is 5.32 Å². The SMILES string of the molecule is CCCCCCC/C=C\C/C=C\C/C=C\CCCCCCCCCCCCC(=O)NC(CO)C(O)CCCCCCCCCCCCC. The summed E-state index contributed by atoms with van der Waals surface area (Å²) in [4.78, 5) is 12.4. The molecule has 4 heteroatoms. The van der Waals surface area contributed by atoms with Gasteiger partial charge in [0.1, 0.15) is 0 Å². The standard InChI is InChI=1S/C44H83NO3/c1-3-5-7-9-11-13-15-16-17-18-19-20-21-22-23-24-25-26-27-28-30-32-34-36-38-40-44(48)45-42(41-46)43(47)39-37-35-33-31-29-14-12-10-8-6-4-2/h15-16,18-19,21-22,42-43,46-47H,3-14,17,20,23-41H2,1-2H3,(H,45,48)/b16-15-,19-18-,22-21-. The summed E-state index contributed by atoms with van der Waals surface area (Å²) >= 11 is 0. The lowest BCUT2D eigenvalue weighted by molar-refractivity contribution is -0.123. The van der Waals surface area contributed by atoms with Gasteiger partial charge < -0.3 is 15.5 Å². The Morgan fingerprint density at radius 1 is 0.500 bits per heavy atom. The quantitative estimate of drug-likeness (QED) is 0.0451. The van der Waals surface area contributed by atoms with Crippen LogP contribution in [0, 0.1) is 0 Å². The van der Waals surface area contributed by atoms with Crippen molar-refractivity contribution in [3.05, 3.63) is 36.5 Å². The highest BCUT2D eigenvalue weighted by molar-refractivity contribution is 5.76. The molecule has 3 N–H and O–H groups in total. The molecule has 2 unspecified atom stereocenters. The molecule has 0 bridgehead atoms. The third-order valence-corrected chi connectivity index (χ3v) is 9.65. The number of rotatable bonds is 38. The first-order valence-electron chi connectivity index (χ1n) is 21.2. The Kier molecular flexibility index (Phi) is 38.9. The van der Waals surface area contributed by atoms with E-state index < -0.39 is 12.1 Å². The third kappa shape index (κ3) is 35.9. The summed E-state index contributed by atoms with van der Waals surface area (Å²) in [5, 5.41) is 23.1. The largest absolute Gasteiger partial charge is 0.394 e. The molecule has 1 amide bonds. The minimum atomic E-state index is -0.659. The molecule has 0 aromatic rings. The summed E-state index contributed by atoms with van der Waals surface area (Å²) in [6.45, 7) is 4.33. The van der Waals surface area contributed by atoms with E-state index in [1.54, 1.807) is 0 Å². The van der Waals surface area contributed by atoms with E-state index in [0.717, 1.165) is 38.5 Å². The molecule has 0 saturated heterocycles. The van der Waals surface area contributed by atoms with Crippen LogP contribution in [-0.2, 0) is 4.79 Å². The van der Waals surface area contributed by atoms with Gasteiger partial charge in [0.15, 0.2) is 0 Å². The Labute approximate surface area is 300 Å². The van der Waals surface area contributed by atoms with Crippen LogP contribution in [0.3, 0.4) is 0 Å². The zero-order chi connectivity index (χ0) is 35.0. The number of carbonyl (C=O) groups is 1. The van der Waals surface area contributed by atoms with E-state index in [9.17, 15) is 15.0 Å². The zero-order valence-electron chi connectivity index (χ0n) is 32.3. The minimum Gasteiger partial charge on any atom is -0.394 e. The summed E-state index contributed by atoms with van der Waals surface area (Å²) < 4.78 is 0. The van der Waals surface area contributed by atoms with Crippen LogP contribution in [0.15, 0.2) is 36.5 Å². The van der Waals surface area contributed by atoms with Crippen molar-refractivity contribution < 1.29 is 15.0 Å². The molecule has 2 atom stereocenters. The minimum absolute atomic E-state index is 0.0372. The third-order valence-electron chi connectivity index (χ3n) is 9.65. The summed E-state index contributed by atoms with van der Waals surface area (Å²) in [7, 11) is 0. The Hall–Kier alpha value is -1.39. The molecule has 0 aromatic carbocycles. The number of nitrogens with one attached hydrogen (secondary N) is 1. The van der Waals surface area contributed by atoms with Crippen molar-refractivity contribution >= 4 is 5.91 Å². The van der Waals surface area contributed by atoms with Crippen LogP contribution in [0.4, 0.5) is 0 Å². The van der Waals surface area contributed by atoms with Gasteiger partial charge in [-0.25, -0.2) is 0 Å². The molecule has 0 aliphatic rings. The van der Waals surface area contributed by atoms with E-state index in [4.69, 9.17) is 0 Å². The molecule has 0 aliphatic heterocycles. The second-order valence-corrected chi connectivity index (χ2v) is 14.4. The Morgan fingerprint density at radius 3 is 1.27 bits per heavy atom. The first-order chi connectivity index (χ1) is 23.7. The molecule has 0 saturated carbocycles. The van der Waals surface area contributed by atoms with Gasteiger partial charge in [0.2, 0.25) is 5.91 Å². The number of hydrogen-bond acceptors (Lipinski definition) is 3. The fraction of sp³-hybridized carbons (Fsp3) is 0.841. The molecular formula is C44H83NO3. The number of hydrogen-bond donors (Lipinski definition) is 3. The van der Waals surface area contributed by atoms with Gasteiger partial charge in [-0.15, -0.1) is 0 Å². The van der Waals surface area contributed by atoms with Crippen molar-refractivity contribution in [3.63, 3.8) is 0 Å². The summed E-state index contributed by atoms with van der Waals surface area (Å²) in [5.74, 6) is -0.0372. The maximum absolute atomic E-state index is 12.4. The van der Waals surface area contributed by atoms with Gasteiger partial charge in [-0.3, -0.25) is 4.79 Å². The molecule has 0 rings (SSSR count).